The molecule has 2 amide bonds. The number of amides is 2. The molecule has 1 aromatic heterocycles. The lowest BCUT2D eigenvalue weighted by Crippen LogP contribution is -2.21. The smallest absolute Gasteiger partial charge is 0.339 e. The van der Waals surface area contributed by atoms with Gasteiger partial charge in [0.25, 0.3) is 0 Å². The molecular formula is C13H9Cl2N3O3. The second kappa shape index (κ2) is 6.43. The average Bonchev–Trinajstić information content (AvgIpc) is 2.37. The number of carboxylic acid groups (broad SMARTS) is 1. The van der Waals surface area contributed by atoms with Gasteiger partial charge in [0.2, 0.25) is 0 Å². The van der Waals surface area contributed by atoms with Crippen molar-refractivity contribution >= 4 is 46.7 Å². The quantitative estimate of drug-likeness (QED) is 0.801. The van der Waals surface area contributed by atoms with Gasteiger partial charge in [-0.3, -0.25) is 5.32 Å². The summed E-state index contributed by atoms with van der Waals surface area (Å²) in [4.78, 5) is 26.7. The number of aromatic carboxylic acids is 1. The summed E-state index contributed by atoms with van der Waals surface area (Å²) >= 11 is 11.6. The largest absolute Gasteiger partial charge is 0.478 e. The Morgan fingerprint density at radius 1 is 1.10 bits per heavy atom. The van der Waals surface area contributed by atoms with E-state index in [1.165, 1.54) is 36.5 Å². The summed E-state index contributed by atoms with van der Waals surface area (Å²) in [7, 11) is 0. The molecule has 0 bridgehead atoms. The van der Waals surface area contributed by atoms with Gasteiger partial charge in [-0.05, 0) is 30.3 Å². The Kier molecular flexibility index (Phi) is 4.62. The lowest BCUT2D eigenvalue weighted by molar-refractivity contribution is 0.0697. The highest BCUT2D eigenvalue weighted by atomic mass is 35.5. The molecule has 0 aliphatic heterocycles. The summed E-state index contributed by atoms with van der Waals surface area (Å²) < 4.78 is 0. The van der Waals surface area contributed by atoms with E-state index in [1.54, 1.807) is 0 Å². The monoisotopic (exact) mass is 325 g/mol. The molecule has 1 aromatic carbocycles. The lowest BCUT2D eigenvalue weighted by atomic mass is 10.2. The average molecular weight is 326 g/mol. The molecule has 0 fully saturated rings. The van der Waals surface area contributed by atoms with Crippen LogP contribution >= 0.6 is 23.2 Å². The molecule has 0 radical (unpaired) electrons. The van der Waals surface area contributed by atoms with Gasteiger partial charge in [-0.25, -0.2) is 14.6 Å². The minimum absolute atomic E-state index is 0.0596. The molecule has 0 aliphatic rings. The Morgan fingerprint density at radius 3 is 2.38 bits per heavy atom. The van der Waals surface area contributed by atoms with Crippen molar-refractivity contribution in [1.82, 2.24) is 4.98 Å². The van der Waals surface area contributed by atoms with E-state index in [4.69, 9.17) is 28.3 Å². The number of nitrogens with one attached hydrogen (secondary N) is 2. The Balaban J connectivity index is 2.14. The third kappa shape index (κ3) is 4.08. The zero-order valence-corrected chi connectivity index (χ0v) is 11.9. The van der Waals surface area contributed by atoms with Crippen molar-refractivity contribution in [3.63, 3.8) is 0 Å². The summed E-state index contributed by atoms with van der Waals surface area (Å²) in [6.45, 7) is 0. The Labute approximate surface area is 129 Å². The van der Waals surface area contributed by atoms with Crippen LogP contribution in [-0.4, -0.2) is 22.1 Å². The van der Waals surface area contributed by atoms with E-state index < -0.39 is 12.0 Å². The molecule has 2 aromatic rings. The number of pyridine rings is 1. The van der Waals surface area contributed by atoms with Crippen molar-refractivity contribution in [3.8, 4) is 0 Å². The molecule has 108 valence electrons. The highest BCUT2D eigenvalue weighted by Gasteiger charge is 2.13. The van der Waals surface area contributed by atoms with Gasteiger partial charge in [0, 0.05) is 21.9 Å². The maximum atomic E-state index is 11.8. The first-order valence-corrected chi connectivity index (χ1v) is 6.43. The molecule has 3 N–H and O–H groups in total. The number of aromatic nitrogens is 1. The summed E-state index contributed by atoms with van der Waals surface area (Å²) in [5.74, 6) is -1.25. The maximum absolute atomic E-state index is 11.8. The van der Waals surface area contributed by atoms with Gasteiger partial charge < -0.3 is 10.4 Å². The maximum Gasteiger partial charge on any atom is 0.339 e. The fraction of sp³-hybridized carbons (Fsp3) is 0. The minimum Gasteiger partial charge on any atom is -0.478 e. The van der Waals surface area contributed by atoms with Crippen molar-refractivity contribution in [2.45, 2.75) is 0 Å². The number of anilines is 2. The molecule has 6 nitrogen and oxygen atoms in total. The second-order valence-corrected chi connectivity index (χ2v) is 4.81. The molecule has 0 unspecified atom stereocenters. The van der Waals surface area contributed by atoms with Gasteiger partial charge in [-0.15, -0.1) is 0 Å². The van der Waals surface area contributed by atoms with Gasteiger partial charge >= 0.3 is 12.0 Å². The van der Waals surface area contributed by atoms with Gasteiger partial charge in [-0.1, -0.05) is 23.2 Å². The molecular weight excluding hydrogens is 317 g/mol. The van der Waals surface area contributed by atoms with Crippen LogP contribution in [0.3, 0.4) is 0 Å². The highest BCUT2D eigenvalue weighted by Crippen LogP contribution is 2.22. The molecule has 8 heteroatoms. The Morgan fingerprint density at radius 2 is 1.76 bits per heavy atom. The van der Waals surface area contributed by atoms with E-state index in [2.05, 4.69) is 15.6 Å². The fourth-order valence-corrected chi connectivity index (χ4v) is 2.10. The van der Waals surface area contributed by atoms with Gasteiger partial charge in [0.15, 0.2) is 0 Å². The number of carboxylic acids is 1. The summed E-state index contributed by atoms with van der Waals surface area (Å²) in [6, 6.07) is 6.67. The fourth-order valence-electron chi connectivity index (χ4n) is 1.57. The molecule has 2 rings (SSSR count). The third-order valence-corrected chi connectivity index (χ3v) is 2.83. The van der Waals surface area contributed by atoms with Crippen LogP contribution in [0.15, 0.2) is 36.5 Å². The summed E-state index contributed by atoms with van der Waals surface area (Å²) in [5, 5.41) is 14.6. The predicted octanol–water partition coefficient (Wildman–Crippen LogP) is 3.73. The van der Waals surface area contributed by atoms with Gasteiger partial charge in [0.1, 0.15) is 11.4 Å². The number of benzene rings is 1. The zero-order valence-electron chi connectivity index (χ0n) is 10.4. The van der Waals surface area contributed by atoms with Crippen LogP contribution in [0.2, 0.25) is 10.0 Å². The van der Waals surface area contributed by atoms with E-state index in [0.29, 0.717) is 15.7 Å². The van der Waals surface area contributed by atoms with Crippen LogP contribution in [0.1, 0.15) is 10.4 Å². The Hall–Kier alpha value is -2.31. The van der Waals surface area contributed by atoms with Crippen LogP contribution in [0, 0.1) is 0 Å². The summed E-state index contributed by atoms with van der Waals surface area (Å²) in [6.07, 6.45) is 1.37. The second-order valence-electron chi connectivity index (χ2n) is 3.94. The number of halogens is 2. The SMILES string of the molecule is O=C(Nc1cc(Cl)cc(Cl)c1)Nc1ncccc1C(=O)O. The van der Waals surface area contributed by atoms with Gasteiger partial charge in [0.05, 0.1) is 0 Å². The normalized spacial score (nSPS) is 10.0. The molecule has 21 heavy (non-hydrogen) atoms. The predicted molar refractivity (Wildman–Crippen MR) is 80.3 cm³/mol. The number of hydrogen-bond donors (Lipinski definition) is 3. The van der Waals surface area contributed by atoms with Crippen molar-refractivity contribution in [1.29, 1.82) is 0 Å². The first kappa shape index (κ1) is 15.1. The zero-order chi connectivity index (χ0) is 15.4. The number of nitrogens with zero attached hydrogens (tertiary/aromatic N) is 1. The number of carbonyl (C=O) groups excluding carboxylic acids is 1. The number of carbonyl (C=O) groups is 2. The number of hydrogen-bond acceptors (Lipinski definition) is 3. The van der Waals surface area contributed by atoms with Crippen LogP contribution in [0.4, 0.5) is 16.3 Å². The molecule has 0 saturated carbocycles. The van der Waals surface area contributed by atoms with E-state index in [-0.39, 0.29) is 11.4 Å². The molecule has 1 heterocycles. The van der Waals surface area contributed by atoms with Crippen molar-refractivity contribution in [2.24, 2.45) is 0 Å². The minimum atomic E-state index is -1.19. The standard InChI is InChI=1S/C13H9Cl2N3O3/c14-7-4-8(15)6-9(5-7)17-13(21)18-11-10(12(19)20)2-1-3-16-11/h1-6H,(H,19,20)(H2,16,17,18,21). The molecule has 0 atom stereocenters. The molecule has 0 saturated heterocycles. The lowest BCUT2D eigenvalue weighted by Gasteiger charge is -2.09. The van der Waals surface area contributed by atoms with E-state index in [1.807, 2.05) is 0 Å². The first-order chi connectivity index (χ1) is 9.95. The van der Waals surface area contributed by atoms with Crippen molar-refractivity contribution in [3.05, 3.63) is 52.1 Å². The Bertz CT molecular complexity index is 687. The topological polar surface area (TPSA) is 91.3 Å². The third-order valence-electron chi connectivity index (χ3n) is 2.39. The van der Waals surface area contributed by atoms with E-state index in [9.17, 15) is 9.59 Å². The molecule has 0 aliphatic carbocycles. The van der Waals surface area contributed by atoms with Crippen molar-refractivity contribution in [2.75, 3.05) is 10.6 Å². The van der Waals surface area contributed by atoms with Crippen LogP contribution in [0.5, 0.6) is 0 Å². The molecule has 0 spiro atoms. The van der Waals surface area contributed by atoms with E-state index in [0.717, 1.165) is 0 Å². The number of urea groups is 1. The van der Waals surface area contributed by atoms with E-state index >= 15 is 0 Å². The summed E-state index contributed by atoms with van der Waals surface area (Å²) in [5.41, 5.74) is 0.259. The number of rotatable bonds is 3. The highest BCUT2D eigenvalue weighted by molar-refractivity contribution is 6.35. The van der Waals surface area contributed by atoms with Crippen LogP contribution < -0.4 is 10.6 Å². The first-order valence-electron chi connectivity index (χ1n) is 5.68. The van der Waals surface area contributed by atoms with Crippen molar-refractivity contribution < 1.29 is 14.7 Å². The van der Waals surface area contributed by atoms with Crippen LogP contribution in [0.25, 0.3) is 0 Å². The van der Waals surface area contributed by atoms with Crippen LogP contribution in [-0.2, 0) is 0 Å². The van der Waals surface area contributed by atoms with Gasteiger partial charge in [-0.2, -0.15) is 0 Å².